The number of amides is 1. The highest BCUT2D eigenvalue weighted by atomic mass is 35.5. The summed E-state index contributed by atoms with van der Waals surface area (Å²) in [5.41, 5.74) is 1.60. The van der Waals surface area contributed by atoms with Gasteiger partial charge in [-0.2, -0.15) is 4.98 Å². The van der Waals surface area contributed by atoms with Crippen LogP contribution in [0.5, 0.6) is 5.75 Å². The van der Waals surface area contributed by atoms with Crippen LogP contribution in [0.3, 0.4) is 0 Å². The van der Waals surface area contributed by atoms with E-state index in [0.717, 1.165) is 5.69 Å². The maximum atomic E-state index is 14.0. The molecular formula is C20H16ClFN4O2S. The number of benzene rings is 2. The molecule has 0 aliphatic carbocycles. The van der Waals surface area contributed by atoms with Crippen LogP contribution < -0.4 is 10.1 Å². The van der Waals surface area contributed by atoms with Crippen LogP contribution in [0, 0.1) is 5.82 Å². The van der Waals surface area contributed by atoms with Crippen molar-refractivity contribution in [2.24, 2.45) is 0 Å². The summed E-state index contributed by atoms with van der Waals surface area (Å²) in [6.07, 6.45) is 0.536. The Morgan fingerprint density at radius 2 is 2.14 bits per heavy atom. The number of ether oxygens (including phenoxy) is 1. The van der Waals surface area contributed by atoms with Crippen LogP contribution in [-0.2, 0) is 6.42 Å². The number of hydrogen-bond donors (Lipinski definition) is 1. The predicted molar refractivity (Wildman–Crippen MR) is 110 cm³/mol. The Hall–Kier alpha value is -2.97. The number of halogens is 2. The highest BCUT2D eigenvalue weighted by Gasteiger charge is 2.15. The average molecular weight is 431 g/mol. The van der Waals surface area contributed by atoms with E-state index in [-0.39, 0.29) is 11.7 Å². The fourth-order valence-corrected chi connectivity index (χ4v) is 3.94. The molecule has 0 saturated heterocycles. The highest BCUT2D eigenvalue weighted by molar-refractivity contribution is 7.15. The standard InChI is InChI=1S/C20H16ClFN4O2S/c1-28-17-7-6-12(21)10-15(17)19(27)23-9-8-13-11-29-20-24-18(25-26(13)20)14-4-2-3-5-16(14)22/h2-7,10-11H,8-9H2,1H3,(H,23,27). The van der Waals surface area contributed by atoms with E-state index in [4.69, 9.17) is 16.3 Å². The number of rotatable bonds is 6. The second-order valence-corrected chi connectivity index (χ2v) is 7.46. The molecule has 6 nitrogen and oxygen atoms in total. The second kappa shape index (κ2) is 8.18. The molecule has 0 aliphatic heterocycles. The molecule has 1 amide bonds. The van der Waals surface area contributed by atoms with Gasteiger partial charge in [-0.05, 0) is 30.3 Å². The third kappa shape index (κ3) is 3.94. The maximum Gasteiger partial charge on any atom is 0.255 e. The lowest BCUT2D eigenvalue weighted by molar-refractivity contribution is 0.0951. The minimum Gasteiger partial charge on any atom is -0.496 e. The van der Waals surface area contributed by atoms with Crippen molar-refractivity contribution in [2.45, 2.75) is 6.42 Å². The molecule has 0 aliphatic rings. The summed E-state index contributed by atoms with van der Waals surface area (Å²) in [7, 11) is 1.50. The van der Waals surface area contributed by atoms with Crippen molar-refractivity contribution in [2.75, 3.05) is 13.7 Å². The van der Waals surface area contributed by atoms with Crippen LogP contribution in [0.2, 0.25) is 5.02 Å². The van der Waals surface area contributed by atoms with Crippen molar-refractivity contribution >= 4 is 33.8 Å². The fourth-order valence-electron chi connectivity index (χ4n) is 2.91. The van der Waals surface area contributed by atoms with Gasteiger partial charge in [0.05, 0.1) is 23.9 Å². The van der Waals surface area contributed by atoms with E-state index in [9.17, 15) is 9.18 Å². The molecule has 9 heteroatoms. The zero-order valence-electron chi connectivity index (χ0n) is 15.4. The monoisotopic (exact) mass is 430 g/mol. The van der Waals surface area contributed by atoms with Crippen molar-refractivity contribution in [1.82, 2.24) is 19.9 Å². The molecule has 0 atom stereocenters. The lowest BCUT2D eigenvalue weighted by atomic mass is 10.2. The van der Waals surface area contributed by atoms with Gasteiger partial charge in [-0.1, -0.05) is 23.7 Å². The topological polar surface area (TPSA) is 68.5 Å². The molecule has 4 aromatic rings. The molecule has 4 rings (SSSR count). The second-order valence-electron chi connectivity index (χ2n) is 6.19. The molecule has 0 spiro atoms. The first-order chi connectivity index (χ1) is 14.1. The number of nitrogens with zero attached hydrogens (tertiary/aromatic N) is 3. The Kier molecular flexibility index (Phi) is 5.46. The first kappa shape index (κ1) is 19.4. The Morgan fingerprint density at radius 1 is 1.31 bits per heavy atom. The van der Waals surface area contributed by atoms with Gasteiger partial charge < -0.3 is 10.1 Å². The quantitative estimate of drug-likeness (QED) is 0.497. The summed E-state index contributed by atoms with van der Waals surface area (Å²) >= 11 is 7.40. The summed E-state index contributed by atoms with van der Waals surface area (Å²) in [5.74, 6) is 0.149. The van der Waals surface area contributed by atoms with E-state index < -0.39 is 0 Å². The van der Waals surface area contributed by atoms with E-state index in [0.29, 0.717) is 45.6 Å². The van der Waals surface area contributed by atoms with Crippen molar-refractivity contribution < 1.29 is 13.9 Å². The van der Waals surface area contributed by atoms with E-state index >= 15 is 0 Å². The van der Waals surface area contributed by atoms with Crippen LogP contribution in [-0.4, -0.2) is 34.2 Å². The lowest BCUT2D eigenvalue weighted by Gasteiger charge is -2.09. The maximum absolute atomic E-state index is 14.0. The number of carbonyl (C=O) groups is 1. The predicted octanol–water partition coefficient (Wildman–Crippen LogP) is 4.23. The number of methoxy groups -OCH3 is 1. The smallest absolute Gasteiger partial charge is 0.255 e. The van der Waals surface area contributed by atoms with Gasteiger partial charge >= 0.3 is 0 Å². The highest BCUT2D eigenvalue weighted by Crippen LogP contribution is 2.24. The summed E-state index contributed by atoms with van der Waals surface area (Å²) in [5, 5.41) is 9.66. The zero-order chi connectivity index (χ0) is 20.4. The minimum absolute atomic E-state index is 0.276. The summed E-state index contributed by atoms with van der Waals surface area (Å²) in [6, 6.07) is 11.3. The fraction of sp³-hybridized carbons (Fsp3) is 0.150. The molecule has 0 bridgehead atoms. The first-order valence-corrected chi connectivity index (χ1v) is 10.0. The Morgan fingerprint density at radius 3 is 2.93 bits per heavy atom. The molecule has 1 N–H and O–H groups in total. The SMILES string of the molecule is COc1ccc(Cl)cc1C(=O)NCCc1csc2nc(-c3ccccc3F)nn12. The van der Waals surface area contributed by atoms with E-state index in [1.165, 1.54) is 24.5 Å². The Bertz CT molecular complexity index is 1190. The third-order valence-corrected chi connectivity index (χ3v) is 5.44. The van der Waals surface area contributed by atoms with Crippen LogP contribution in [0.15, 0.2) is 47.8 Å². The van der Waals surface area contributed by atoms with Crippen molar-refractivity contribution in [3.63, 3.8) is 0 Å². The van der Waals surface area contributed by atoms with E-state index in [1.54, 1.807) is 40.9 Å². The van der Waals surface area contributed by atoms with Gasteiger partial charge in [0.2, 0.25) is 4.96 Å². The van der Waals surface area contributed by atoms with Gasteiger partial charge in [-0.15, -0.1) is 16.4 Å². The van der Waals surface area contributed by atoms with Crippen LogP contribution in [0.1, 0.15) is 16.1 Å². The molecule has 0 radical (unpaired) electrons. The van der Waals surface area contributed by atoms with Crippen molar-refractivity contribution in [3.05, 3.63) is 69.9 Å². The molecular weight excluding hydrogens is 415 g/mol. The number of carbonyl (C=O) groups excluding carboxylic acids is 1. The Labute approximate surface area is 174 Å². The molecule has 2 heterocycles. The average Bonchev–Trinajstić information content (AvgIpc) is 3.30. The van der Waals surface area contributed by atoms with Crippen LogP contribution in [0.4, 0.5) is 4.39 Å². The van der Waals surface area contributed by atoms with E-state index in [1.807, 2.05) is 5.38 Å². The molecule has 0 fully saturated rings. The van der Waals surface area contributed by atoms with Crippen LogP contribution in [0.25, 0.3) is 16.3 Å². The first-order valence-electron chi connectivity index (χ1n) is 8.76. The van der Waals surface area contributed by atoms with Crippen LogP contribution >= 0.6 is 22.9 Å². The van der Waals surface area contributed by atoms with Crippen molar-refractivity contribution in [1.29, 1.82) is 0 Å². The third-order valence-electron chi connectivity index (χ3n) is 4.34. The summed E-state index contributed by atoms with van der Waals surface area (Å²) in [4.78, 5) is 17.5. The number of thiazole rings is 1. The number of aromatic nitrogens is 3. The van der Waals surface area contributed by atoms with Gasteiger partial charge in [-0.3, -0.25) is 4.79 Å². The summed E-state index contributed by atoms with van der Waals surface area (Å²) < 4.78 is 20.9. The van der Waals surface area contributed by atoms with Gasteiger partial charge in [0.15, 0.2) is 5.82 Å². The normalized spacial score (nSPS) is 11.0. The molecule has 0 unspecified atom stereocenters. The number of hydrogen-bond acceptors (Lipinski definition) is 5. The minimum atomic E-state index is -0.366. The summed E-state index contributed by atoms with van der Waals surface area (Å²) in [6.45, 7) is 0.384. The molecule has 2 aromatic heterocycles. The molecule has 29 heavy (non-hydrogen) atoms. The molecule has 148 valence electrons. The number of nitrogens with one attached hydrogen (secondary N) is 1. The lowest BCUT2D eigenvalue weighted by Crippen LogP contribution is -2.26. The van der Waals surface area contributed by atoms with Gasteiger partial charge in [0, 0.05) is 23.4 Å². The largest absolute Gasteiger partial charge is 0.496 e. The Balaban J connectivity index is 1.47. The zero-order valence-corrected chi connectivity index (χ0v) is 16.9. The van der Waals surface area contributed by atoms with E-state index in [2.05, 4.69) is 15.4 Å². The van der Waals surface area contributed by atoms with Crippen molar-refractivity contribution in [3.8, 4) is 17.1 Å². The van der Waals surface area contributed by atoms with Gasteiger partial charge in [0.25, 0.3) is 5.91 Å². The van der Waals surface area contributed by atoms with Gasteiger partial charge in [0.1, 0.15) is 11.6 Å². The van der Waals surface area contributed by atoms with Gasteiger partial charge in [-0.25, -0.2) is 8.91 Å². The molecule has 0 saturated carbocycles. The number of fused-ring (bicyclic) bond motifs is 1. The molecule has 2 aromatic carbocycles.